The second-order valence-electron chi connectivity index (χ2n) is 5.17. The number of carbonyl (C=O) groups excluding carboxylic acids is 1. The third-order valence-electron chi connectivity index (χ3n) is 2.21. The zero-order valence-electron chi connectivity index (χ0n) is 11.2. The molecule has 1 unspecified atom stereocenters. The minimum Gasteiger partial charge on any atom is -0.459 e. The van der Waals surface area contributed by atoms with Gasteiger partial charge < -0.3 is 10.1 Å². The third kappa shape index (κ3) is 5.85. The van der Waals surface area contributed by atoms with Gasteiger partial charge in [0.25, 0.3) is 0 Å². The summed E-state index contributed by atoms with van der Waals surface area (Å²) in [4.78, 5) is 12.9. The second kappa shape index (κ2) is 6.55. The molecule has 0 saturated carbocycles. The van der Waals surface area contributed by atoms with Gasteiger partial charge in [0.2, 0.25) is 0 Å². The zero-order valence-corrected chi connectivity index (χ0v) is 12.8. The lowest BCUT2D eigenvalue weighted by Crippen LogP contribution is -2.39. The Morgan fingerprint density at radius 1 is 1.50 bits per heavy atom. The molecule has 0 aliphatic heterocycles. The molecule has 0 bridgehead atoms. The molecule has 0 aliphatic carbocycles. The molecule has 0 spiro atoms. The summed E-state index contributed by atoms with van der Waals surface area (Å²) < 4.78 is 6.08. The van der Waals surface area contributed by atoms with Crippen LogP contribution in [0.5, 0.6) is 0 Å². The van der Waals surface area contributed by atoms with Gasteiger partial charge in [0.1, 0.15) is 11.6 Å². The van der Waals surface area contributed by atoms with Crippen molar-refractivity contribution in [2.75, 3.05) is 6.54 Å². The lowest BCUT2D eigenvalue weighted by molar-refractivity contribution is -0.156. The van der Waals surface area contributed by atoms with E-state index >= 15 is 0 Å². The molecule has 102 valence electrons. The lowest BCUT2D eigenvalue weighted by Gasteiger charge is -2.22. The molecule has 1 heterocycles. The summed E-state index contributed by atoms with van der Waals surface area (Å²) in [6.07, 6.45) is 0.866. The van der Waals surface area contributed by atoms with Crippen LogP contribution >= 0.6 is 22.9 Å². The Morgan fingerprint density at radius 2 is 2.17 bits per heavy atom. The van der Waals surface area contributed by atoms with Gasteiger partial charge in [-0.05, 0) is 46.2 Å². The molecule has 5 heteroatoms. The van der Waals surface area contributed by atoms with E-state index in [1.54, 1.807) is 11.3 Å². The molecule has 1 aromatic rings. The summed E-state index contributed by atoms with van der Waals surface area (Å²) >= 11 is 7.42. The standard InChI is InChI=1S/C13H20ClNO2S/c1-9(12(16)17-13(2,3)4)15-8-7-10-5-6-11(14)18-10/h5-6,9,15H,7-8H2,1-4H3. The Kier molecular flexibility index (Phi) is 5.63. The molecule has 0 amide bonds. The first-order valence-corrected chi connectivity index (χ1v) is 7.18. The van der Waals surface area contributed by atoms with Crippen molar-refractivity contribution in [2.24, 2.45) is 0 Å². The van der Waals surface area contributed by atoms with Gasteiger partial charge in [-0.3, -0.25) is 4.79 Å². The highest BCUT2D eigenvalue weighted by Gasteiger charge is 2.20. The van der Waals surface area contributed by atoms with Crippen molar-refractivity contribution < 1.29 is 9.53 Å². The fourth-order valence-corrected chi connectivity index (χ4v) is 2.46. The van der Waals surface area contributed by atoms with E-state index in [9.17, 15) is 4.79 Å². The third-order valence-corrected chi connectivity index (χ3v) is 3.50. The maximum atomic E-state index is 11.7. The van der Waals surface area contributed by atoms with Gasteiger partial charge in [-0.25, -0.2) is 0 Å². The van der Waals surface area contributed by atoms with Crippen LogP contribution in [-0.4, -0.2) is 24.2 Å². The number of thiophene rings is 1. The Bertz CT molecular complexity index is 398. The van der Waals surface area contributed by atoms with Crippen molar-refractivity contribution in [3.63, 3.8) is 0 Å². The maximum Gasteiger partial charge on any atom is 0.323 e. The Hall–Kier alpha value is -0.580. The summed E-state index contributed by atoms with van der Waals surface area (Å²) in [5.74, 6) is -0.216. The average Bonchev–Trinajstić information content (AvgIpc) is 2.61. The molecule has 1 rings (SSSR count). The van der Waals surface area contributed by atoms with Crippen LogP contribution in [0.15, 0.2) is 12.1 Å². The highest BCUT2D eigenvalue weighted by molar-refractivity contribution is 7.16. The van der Waals surface area contributed by atoms with Crippen LogP contribution in [0, 0.1) is 0 Å². The summed E-state index contributed by atoms with van der Waals surface area (Å²) in [6, 6.07) is 3.60. The number of esters is 1. The van der Waals surface area contributed by atoms with E-state index in [4.69, 9.17) is 16.3 Å². The molecule has 0 aliphatic rings. The molecule has 0 aromatic carbocycles. The van der Waals surface area contributed by atoms with Crippen molar-refractivity contribution in [2.45, 2.75) is 45.8 Å². The van der Waals surface area contributed by atoms with Crippen molar-refractivity contribution >= 4 is 28.9 Å². The SMILES string of the molecule is CC(NCCc1ccc(Cl)s1)C(=O)OC(C)(C)C. The Balaban J connectivity index is 2.28. The molecular formula is C13H20ClNO2S. The van der Waals surface area contributed by atoms with E-state index in [1.807, 2.05) is 39.8 Å². The van der Waals surface area contributed by atoms with Crippen molar-refractivity contribution in [3.8, 4) is 0 Å². The molecule has 0 radical (unpaired) electrons. The van der Waals surface area contributed by atoms with Crippen LogP contribution in [-0.2, 0) is 16.0 Å². The highest BCUT2D eigenvalue weighted by Crippen LogP contribution is 2.21. The summed E-state index contributed by atoms with van der Waals surface area (Å²) in [7, 11) is 0. The van der Waals surface area contributed by atoms with Gasteiger partial charge in [-0.15, -0.1) is 11.3 Å². The monoisotopic (exact) mass is 289 g/mol. The summed E-state index contributed by atoms with van der Waals surface area (Å²) in [5.41, 5.74) is -0.436. The van der Waals surface area contributed by atoms with Gasteiger partial charge in [0.05, 0.1) is 4.34 Å². The van der Waals surface area contributed by atoms with E-state index in [-0.39, 0.29) is 12.0 Å². The fourth-order valence-electron chi connectivity index (χ4n) is 1.37. The zero-order chi connectivity index (χ0) is 13.8. The number of hydrogen-bond donors (Lipinski definition) is 1. The number of hydrogen-bond acceptors (Lipinski definition) is 4. The topological polar surface area (TPSA) is 38.3 Å². The number of ether oxygens (including phenoxy) is 1. The van der Waals surface area contributed by atoms with Gasteiger partial charge >= 0.3 is 5.97 Å². The molecule has 1 atom stereocenters. The predicted octanol–water partition coefficient (Wildman–Crippen LogP) is 3.26. The summed E-state index contributed by atoms with van der Waals surface area (Å²) in [5, 5.41) is 3.15. The number of nitrogens with one attached hydrogen (secondary N) is 1. The quantitative estimate of drug-likeness (QED) is 0.846. The van der Waals surface area contributed by atoms with Crippen molar-refractivity contribution in [1.82, 2.24) is 5.32 Å². The number of carbonyl (C=O) groups is 1. The van der Waals surface area contributed by atoms with Gasteiger partial charge in [-0.1, -0.05) is 11.6 Å². The molecule has 0 saturated heterocycles. The van der Waals surface area contributed by atoms with Gasteiger partial charge in [0.15, 0.2) is 0 Å². The number of halogens is 1. The highest BCUT2D eigenvalue weighted by atomic mass is 35.5. The molecule has 1 N–H and O–H groups in total. The largest absolute Gasteiger partial charge is 0.459 e. The van der Waals surface area contributed by atoms with E-state index in [0.717, 1.165) is 17.3 Å². The molecule has 1 aromatic heterocycles. The van der Waals surface area contributed by atoms with Crippen LogP contribution in [0.4, 0.5) is 0 Å². The summed E-state index contributed by atoms with van der Waals surface area (Å²) in [6.45, 7) is 8.15. The van der Waals surface area contributed by atoms with E-state index in [0.29, 0.717) is 0 Å². The molecule has 3 nitrogen and oxygen atoms in total. The molecular weight excluding hydrogens is 270 g/mol. The Labute approximate surface area is 117 Å². The first-order valence-electron chi connectivity index (χ1n) is 5.98. The first kappa shape index (κ1) is 15.5. The first-order chi connectivity index (χ1) is 8.28. The molecule has 18 heavy (non-hydrogen) atoms. The lowest BCUT2D eigenvalue weighted by atomic mass is 10.2. The van der Waals surface area contributed by atoms with Gasteiger partial charge in [0, 0.05) is 11.4 Å². The number of rotatable bonds is 5. The van der Waals surface area contributed by atoms with Crippen molar-refractivity contribution in [1.29, 1.82) is 0 Å². The average molecular weight is 290 g/mol. The normalized spacial score (nSPS) is 13.4. The van der Waals surface area contributed by atoms with E-state index in [2.05, 4.69) is 5.32 Å². The van der Waals surface area contributed by atoms with Crippen LogP contribution in [0.1, 0.15) is 32.6 Å². The van der Waals surface area contributed by atoms with E-state index < -0.39 is 5.60 Å². The minimum atomic E-state index is -0.436. The second-order valence-corrected chi connectivity index (χ2v) is 6.96. The van der Waals surface area contributed by atoms with Crippen molar-refractivity contribution in [3.05, 3.63) is 21.3 Å². The minimum absolute atomic E-state index is 0.216. The molecule has 0 fully saturated rings. The van der Waals surface area contributed by atoms with Crippen LogP contribution < -0.4 is 5.32 Å². The van der Waals surface area contributed by atoms with Crippen LogP contribution in [0.3, 0.4) is 0 Å². The maximum absolute atomic E-state index is 11.7. The predicted molar refractivity (Wildman–Crippen MR) is 76.3 cm³/mol. The fraction of sp³-hybridized carbons (Fsp3) is 0.615. The van der Waals surface area contributed by atoms with Crippen LogP contribution in [0.2, 0.25) is 4.34 Å². The van der Waals surface area contributed by atoms with Gasteiger partial charge in [-0.2, -0.15) is 0 Å². The Morgan fingerprint density at radius 3 is 2.67 bits per heavy atom. The van der Waals surface area contributed by atoms with Crippen LogP contribution in [0.25, 0.3) is 0 Å². The smallest absolute Gasteiger partial charge is 0.323 e. The van der Waals surface area contributed by atoms with E-state index in [1.165, 1.54) is 4.88 Å².